The number of carbonyl (C=O) groups is 1. The second kappa shape index (κ2) is 18.7. The number of hydrogen-bond donors (Lipinski definition) is 3. The first-order chi connectivity index (χ1) is 10.8. The Morgan fingerprint density at radius 3 is 2.23 bits per heavy atom. The molecule has 6 nitrogen and oxygen atoms in total. The summed E-state index contributed by atoms with van der Waals surface area (Å²) in [5.74, 6) is 1.04. The number of carboxylic acids is 1. The molecule has 0 aliphatic carbocycles. The lowest BCUT2D eigenvalue weighted by Crippen LogP contribution is -2.17. The fourth-order valence-corrected chi connectivity index (χ4v) is 2.89. The zero-order valence-electron chi connectivity index (χ0n) is 13.4. The Kier molecular flexibility index (Phi) is 18.4. The highest BCUT2D eigenvalue weighted by Crippen LogP contribution is 2.07. The first kappa shape index (κ1) is 21.7. The first-order valence-corrected chi connectivity index (χ1v) is 9.36. The molecular formula is C15H31NO5S. The number of rotatable bonds is 18. The van der Waals surface area contributed by atoms with Crippen LogP contribution in [0.2, 0.25) is 0 Å². The van der Waals surface area contributed by atoms with Crippen LogP contribution in [-0.2, 0) is 14.7 Å². The molecule has 22 heavy (non-hydrogen) atoms. The van der Waals surface area contributed by atoms with Gasteiger partial charge in [-0.1, -0.05) is 37.1 Å². The molecule has 7 heteroatoms. The van der Waals surface area contributed by atoms with Gasteiger partial charge in [0.1, 0.15) is 0 Å². The van der Waals surface area contributed by atoms with Crippen LogP contribution < -0.4 is 5.32 Å². The second-order valence-corrected chi connectivity index (χ2v) is 6.46. The number of thioether (sulfide) groups is 1. The van der Waals surface area contributed by atoms with Crippen molar-refractivity contribution < 1.29 is 25.1 Å². The lowest BCUT2D eigenvalue weighted by molar-refractivity contribution is -0.490. The van der Waals surface area contributed by atoms with Gasteiger partial charge in [-0.2, -0.15) is 11.8 Å². The summed E-state index contributed by atoms with van der Waals surface area (Å²) in [5.41, 5.74) is 0. The lowest BCUT2D eigenvalue weighted by Gasteiger charge is -2.05. The summed E-state index contributed by atoms with van der Waals surface area (Å²) in [6.07, 6.45) is 9.60. The van der Waals surface area contributed by atoms with Gasteiger partial charge in [-0.05, 0) is 38.1 Å². The molecule has 0 spiro atoms. The van der Waals surface area contributed by atoms with E-state index in [2.05, 4.69) is 15.2 Å². The number of nitrogens with one attached hydrogen (secondary N) is 1. The Labute approximate surface area is 137 Å². The molecule has 0 saturated heterocycles. The molecular weight excluding hydrogens is 306 g/mol. The van der Waals surface area contributed by atoms with Gasteiger partial charge in [-0.3, -0.25) is 4.79 Å². The van der Waals surface area contributed by atoms with E-state index in [9.17, 15) is 4.79 Å². The highest BCUT2D eigenvalue weighted by molar-refractivity contribution is 7.99. The van der Waals surface area contributed by atoms with Gasteiger partial charge < -0.3 is 10.4 Å². The van der Waals surface area contributed by atoms with Crippen LogP contribution in [0.3, 0.4) is 0 Å². The van der Waals surface area contributed by atoms with Gasteiger partial charge in [0, 0.05) is 5.75 Å². The van der Waals surface area contributed by atoms with E-state index in [0.29, 0.717) is 12.4 Å². The van der Waals surface area contributed by atoms with Crippen molar-refractivity contribution in [2.45, 2.75) is 57.8 Å². The normalized spacial score (nSPS) is 11.0. The Bertz CT molecular complexity index is 244. The number of hydrogen-bond acceptors (Lipinski definition) is 6. The van der Waals surface area contributed by atoms with E-state index < -0.39 is 5.97 Å². The molecule has 0 aromatic heterocycles. The molecule has 0 aromatic carbocycles. The molecule has 0 bridgehead atoms. The molecule has 0 fully saturated rings. The van der Waals surface area contributed by atoms with Crippen molar-refractivity contribution in [3.8, 4) is 0 Å². The maximum atomic E-state index is 10.3. The van der Waals surface area contributed by atoms with E-state index in [1.165, 1.54) is 32.1 Å². The van der Waals surface area contributed by atoms with Crippen molar-refractivity contribution in [3.63, 3.8) is 0 Å². The summed E-state index contributed by atoms with van der Waals surface area (Å²) >= 11 is 1.71. The van der Waals surface area contributed by atoms with E-state index in [0.717, 1.165) is 38.1 Å². The number of carboxylic acid groups (broad SMARTS) is 1. The summed E-state index contributed by atoms with van der Waals surface area (Å²) in [6, 6.07) is 0. The van der Waals surface area contributed by atoms with Gasteiger partial charge in [-0.25, -0.2) is 10.1 Å². The summed E-state index contributed by atoms with van der Waals surface area (Å²) in [4.78, 5) is 14.7. The van der Waals surface area contributed by atoms with Crippen LogP contribution in [0, 0.1) is 0 Å². The van der Waals surface area contributed by atoms with Crippen LogP contribution >= 0.6 is 11.8 Å². The minimum atomic E-state index is -0.710. The van der Waals surface area contributed by atoms with Crippen LogP contribution in [0.25, 0.3) is 0 Å². The van der Waals surface area contributed by atoms with Gasteiger partial charge in [-0.15, -0.1) is 0 Å². The molecule has 0 rings (SSSR count). The minimum absolute atomic E-state index is 0.264. The van der Waals surface area contributed by atoms with Crippen molar-refractivity contribution in [2.75, 3.05) is 31.2 Å². The second-order valence-electron chi connectivity index (χ2n) is 5.23. The Hall–Kier alpha value is -0.340. The van der Waals surface area contributed by atoms with E-state index in [-0.39, 0.29) is 6.42 Å². The third kappa shape index (κ3) is 19.7. The van der Waals surface area contributed by atoms with Crippen molar-refractivity contribution in [1.29, 1.82) is 0 Å². The quantitative estimate of drug-likeness (QED) is 0.201. The zero-order chi connectivity index (χ0) is 16.3. The zero-order valence-corrected chi connectivity index (χ0v) is 14.2. The molecule has 0 heterocycles. The van der Waals surface area contributed by atoms with Crippen molar-refractivity contribution in [3.05, 3.63) is 0 Å². The summed E-state index contributed by atoms with van der Waals surface area (Å²) in [5, 5.41) is 23.4. The molecule has 0 aliphatic heterocycles. The molecule has 3 N–H and O–H groups in total. The molecule has 0 aliphatic rings. The van der Waals surface area contributed by atoms with E-state index in [1.54, 1.807) is 11.8 Å². The summed E-state index contributed by atoms with van der Waals surface area (Å²) < 4.78 is 0. The van der Waals surface area contributed by atoms with Crippen LogP contribution in [-0.4, -0.2) is 47.5 Å². The van der Waals surface area contributed by atoms with Gasteiger partial charge in [0.15, 0.2) is 0 Å². The van der Waals surface area contributed by atoms with Gasteiger partial charge in [0.2, 0.25) is 0 Å². The number of unbranched alkanes of at least 4 members (excludes halogenated alkanes) is 6. The standard InChI is InChI=1S/C15H31NO5S/c17-15(18)9-14-22-13-8-11-16-10-6-4-2-1-3-5-7-12-20-21-19/h16,19H,1-14H2,(H,17,18). The highest BCUT2D eigenvalue weighted by Gasteiger charge is 1.96. The Morgan fingerprint density at radius 2 is 1.55 bits per heavy atom. The van der Waals surface area contributed by atoms with E-state index in [4.69, 9.17) is 10.4 Å². The average Bonchev–Trinajstić information content (AvgIpc) is 2.50. The molecule has 0 unspecified atom stereocenters. The van der Waals surface area contributed by atoms with Crippen LogP contribution in [0.5, 0.6) is 0 Å². The Morgan fingerprint density at radius 1 is 0.909 bits per heavy atom. The predicted octanol–water partition coefficient (Wildman–Crippen LogP) is 3.33. The van der Waals surface area contributed by atoms with E-state index in [1.807, 2.05) is 0 Å². The molecule has 0 amide bonds. The average molecular weight is 337 g/mol. The fraction of sp³-hybridized carbons (Fsp3) is 0.933. The summed E-state index contributed by atoms with van der Waals surface area (Å²) in [6.45, 7) is 2.55. The van der Waals surface area contributed by atoms with Crippen molar-refractivity contribution in [2.24, 2.45) is 0 Å². The lowest BCUT2D eigenvalue weighted by atomic mass is 10.1. The van der Waals surface area contributed by atoms with Gasteiger partial charge in [0.05, 0.1) is 13.0 Å². The predicted molar refractivity (Wildman–Crippen MR) is 89.0 cm³/mol. The number of aliphatic carboxylic acids is 1. The summed E-state index contributed by atoms with van der Waals surface area (Å²) in [7, 11) is 0. The largest absolute Gasteiger partial charge is 0.481 e. The van der Waals surface area contributed by atoms with Crippen LogP contribution in [0.15, 0.2) is 0 Å². The molecule has 0 atom stereocenters. The maximum Gasteiger partial charge on any atom is 0.304 e. The monoisotopic (exact) mass is 337 g/mol. The molecule has 0 radical (unpaired) electrons. The highest BCUT2D eigenvalue weighted by atomic mass is 32.2. The van der Waals surface area contributed by atoms with Crippen molar-refractivity contribution >= 4 is 17.7 Å². The maximum absolute atomic E-state index is 10.3. The van der Waals surface area contributed by atoms with Crippen molar-refractivity contribution in [1.82, 2.24) is 5.32 Å². The SMILES string of the molecule is O=C(O)CCSCCCNCCCCCCCCCOOO. The van der Waals surface area contributed by atoms with Crippen LogP contribution in [0.1, 0.15) is 57.8 Å². The topological polar surface area (TPSA) is 88.0 Å². The third-order valence-electron chi connectivity index (χ3n) is 3.24. The smallest absolute Gasteiger partial charge is 0.304 e. The van der Waals surface area contributed by atoms with E-state index >= 15 is 0 Å². The van der Waals surface area contributed by atoms with Gasteiger partial charge in [0.25, 0.3) is 0 Å². The minimum Gasteiger partial charge on any atom is -0.481 e. The fourth-order valence-electron chi connectivity index (χ4n) is 2.02. The first-order valence-electron chi connectivity index (χ1n) is 8.20. The molecule has 132 valence electrons. The third-order valence-corrected chi connectivity index (χ3v) is 4.31. The molecule has 0 saturated carbocycles. The van der Waals surface area contributed by atoms with Gasteiger partial charge >= 0.3 is 5.97 Å². The van der Waals surface area contributed by atoms with Crippen LogP contribution in [0.4, 0.5) is 0 Å². The molecule has 0 aromatic rings. The Balaban J connectivity index is 2.95.